The van der Waals surface area contributed by atoms with Crippen LogP contribution in [0.3, 0.4) is 0 Å². The lowest BCUT2D eigenvalue weighted by Gasteiger charge is -2.24. The van der Waals surface area contributed by atoms with Crippen LogP contribution < -0.4 is 11.5 Å². The van der Waals surface area contributed by atoms with Crippen LogP contribution in [0.1, 0.15) is 43.3 Å². The van der Waals surface area contributed by atoms with Gasteiger partial charge in [0.1, 0.15) is 0 Å². The molecular formula is C27H20N2O2. The van der Waals surface area contributed by atoms with Crippen LogP contribution in [0.15, 0.2) is 84.9 Å². The van der Waals surface area contributed by atoms with Crippen LogP contribution in [0, 0.1) is 0 Å². The fraction of sp³-hybridized carbons (Fsp3) is 0.0370. The number of benzene rings is 4. The molecule has 4 heteroatoms. The first-order valence-electron chi connectivity index (χ1n) is 10.1. The molecule has 0 heterocycles. The van der Waals surface area contributed by atoms with Gasteiger partial charge < -0.3 is 11.5 Å². The number of rotatable bonds is 4. The fourth-order valence-electron chi connectivity index (χ4n) is 4.42. The molecule has 0 fully saturated rings. The molecule has 0 saturated carbocycles. The highest BCUT2D eigenvalue weighted by Crippen LogP contribution is 2.40. The molecule has 4 N–H and O–H groups in total. The lowest BCUT2D eigenvalue weighted by Crippen LogP contribution is -2.16. The molecular weight excluding hydrogens is 384 g/mol. The van der Waals surface area contributed by atoms with Gasteiger partial charge in [0.15, 0.2) is 0 Å². The van der Waals surface area contributed by atoms with Crippen LogP contribution in [-0.2, 0) is 0 Å². The summed E-state index contributed by atoms with van der Waals surface area (Å²) in [5, 5.41) is 2.37. The molecule has 2 amide bonds. The van der Waals surface area contributed by atoms with Gasteiger partial charge in [0.25, 0.3) is 0 Å². The zero-order valence-corrected chi connectivity index (χ0v) is 16.7. The Balaban J connectivity index is 1.68. The van der Waals surface area contributed by atoms with Gasteiger partial charge in [0, 0.05) is 17.0 Å². The number of hydrogen-bond acceptors (Lipinski definition) is 2. The number of nitrogens with two attached hydrogens (primary N) is 2. The van der Waals surface area contributed by atoms with Crippen molar-refractivity contribution >= 4 is 28.7 Å². The van der Waals surface area contributed by atoms with Gasteiger partial charge >= 0.3 is 0 Å². The van der Waals surface area contributed by atoms with Crippen LogP contribution in [-0.4, -0.2) is 11.8 Å². The molecule has 4 aromatic carbocycles. The second-order valence-electron chi connectivity index (χ2n) is 7.74. The average molecular weight is 404 g/mol. The molecule has 0 spiro atoms. The lowest BCUT2D eigenvalue weighted by atomic mass is 9.80. The van der Waals surface area contributed by atoms with Crippen molar-refractivity contribution in [3.05, 3.63) is 113 Å². The summed E-state index contributed by atoms with van der Waals surface area (Å²) >= 11 is 0. The van der Waals surface area contributed by atoms with Crippen LogP contribution >= 0.6 is 0 Å². The molecule has 5 rings (SSSR count). The quantitative estimate of drug-likeness (QED) is 0.509. The molecule has 31 heavy (non-hydrogen) atoms. The Morgan fingerprint density at radius 3 is 2.13 bits per heavy atom. The molecule has 0 aromatic heterocycles. The third-order valence-corrected chi connectivity index (χ3v) is 5.93. The maximum Gasteiger partial charge on any atom is 0.249 e. The predicted molar refractivity (Wildman–Crippen MR) is 124 cm³/mol. The number of carbonyl (C=O) groups excluding carboxylic acids is 2. The van der Waals surface area contributed by atoms with Gasteiger partial charge in [0.05, 0.1) is 0 Å². The maximum absolute atomic E-state index is 12.3. The van der Waals surface area contributed by atoms with Crippen molar-refractivity contribution in [2.24, 2.45) is 11.5 Å². The van der Waals surface area contributed by atoms with Crippen molar-refractivity contribution in [1.29, 1.82) is 0 Å². The van der Waals surface area contributed by atoms with Crippen molar-refractivity contribution in [3.8, 4) is 11.1 Å². The Labute approximate surface area is 179 Å². The molecule has 0 radical (unpaired) electrons. The van der Waals surface area contributed by atoms with Crippen LogP contribution in [0.25, 0.3) is 28.0 Å². The zero-order chi connectivity index (χ0) is 21.5. The van der Waals surface area contributed by atoms with Crippen molar-refractivity contribution < 1.29 is 9.59 Å². The van der Waals surface area contributed by atoms with E-state index in [-0.39, 0.29) is 5.92 Å². The molecule has 4 aromatic rings. The van der Waals surface area contributed by atoms with E-state index in [2.05, 4.69) is 42.5 Å². The van der Waals surface area contributed by atoms with Crippen LogP contribution in [0.2, 0.25) is 0 Å². The number of carbonyl (C=O) groups is 2. The Morgan fingerprint density at radius 1 is 0.710 bits per heavy atom. The summed E-state index contributed by atoms with van der Waals surface area (Å²) in [6.45, 7) is 0. The van der Waals surface area contributed by atoms with E-state index in [0.717, 1.165) is 22.3 Å². The van der Waals surface area contributed by atoms with Crippen molar-refractivity contribution in [2.75, 3.05) is 0 Å². The van der Waals surface area contributed by atoms with Crippen LogP contribution in [0.5, 0.6) is 0 Å². The highest BCUT2D eigenvalue weighted by molar-refractivity contribution is 5.99. The normalized spacial score (nSPS) is 14.5. The number of hydrogen-bond donors (Lipinski definition) is 2. The van der Waals surface area contributed by atoms with Gasteiger partial charge in [-0.25, -0.2) is 0 Å². The third kappa shape index (κ3) is 3.19. The first-order valence-corrected chi connectivity index (χ1v) is 10.1. The van der Waals surface area contributed by atoms with E-state index in [1.807, 2.05) is 30.3 Å². The third-order valence-electron chi connectivity index (χ3n) is 5.93. The molecule has 150 valence electrons. The molecule has 1 aliphatic carbocycles. The Bertz CT molecular complexity index is 1380. The van der Waals surface area contributed by atoms with Gasteiger partial charge in [-0.3, -0.25) is 9.59 Å². The molecule has 0 bridgehead atoms. The summed E-state index contributed by atoms with van der Waals surface area (Å²) in [6, 6.07) is 25.3. The number of amides is 2. The first kappa shape index (κ1) is 18.8. The average Bonchev–Trinajstić information content (AvgIpc) is 2.79. The SMILES string of the molecule is NC(=O)c1ccc(-c2ccc(C(N)=O)c(C3C=Cc4cccc5cccc3c45)c2)cc1. The maximum atomic E-state index is 12.3. The second kappa shape index (κ2) is 7.26. The minimum atomic E-state index is -0.463. The van der Waals surface area contributed by atoms with Gasteiger partial charge in [-0.1, -0.05) is 66.7 Å². The topological polar surface area (TPSA) is 86.2 Å². The van der Waals surface area contributed by atoms with Crippen molar-refractivity contribution in [3.63, 3.8) is 0 Å². The summed E-state index contributed by atoms with van der Waals surface area (Å²) in [7, 11) is 0. The summed E-state index contributed by atoms with van der Waals surface area (Å²) < 4.78 is 0. The van der Waals surface area contributed by atoms with E-state index in [0.29, 0.717) is 11.1 Å². The highest BCUT2D eigenvalue weighted by Gasteiger charge is 2.23. The predicted octanol–water partition coefficient (Wildman–Crippen LogP) is 4.86. The molecule has 1 unspecified atom stereocenters. The Kier molecular flexibility index (Phi) is 4.41. The Hall–Kier alpha value is -4.18. The molecule has 4 nitrogen and oxygen atoms in total. The second-order valence-corrected chi connectivity index (χ2v) is 7.74. The minimum Gasteiger partial charge on any atom is -0.366 e. The lowest BCUT2D eigenvalue weighted by molar-refractivity contribution is 0.0991. The van der Waals surface area contributed by atoms with Gasteiger partial charge in [-0.05, 0) is 62.9 Å². The molecule has 1 atom stereocenters. The van der Waals surface area contributed by atoms with E-state index in [1.165, 1.54) is 16.3 Å². The molecule has 0 aliphatic heterocycles. The summed E-state index contributed by atoms with van der Waals surface area (Å²) in [5.41, 5.74) is 17.1. The molecule has 0 saturated heterocycles. The smallest absolute Gasteiger partial charge is 0.249 e. The van der Waals surface area contributed by atoms with E-state index in [4.69, 9.17) is 11.5 Å². The summed E-state index contributed by atoms with van der Waals surface area (Å²) in [5.74, 6) is -1.01. The number of allylic oxidation sites excluding steroid dienone is 1. The Morgan fingerprint density at radius 2 is 1.42 bits per heavy atom. The fourth-order valence-corrected chi connectivity index (χ4v) is 4.42. The summed E-state index contributed by atoms with van der Waals surface area (Å²) in [4.78, 5) is 23.6. The van der Waals surface area contributed by atoms with E-state index in [1.54, 1.807) is 18.2 Å². The first-order chi connectivity index (χ1) is 15.0. The summed E-state index contributed by atoms with van der Waals surface area (Å²) in [6.07, 6.45) is 4.23. The van der Waals surface area contributed by atoms with E-state index in [9.17, 15) is 9.59 Å². The van der Waals surface area contributed by atoms with E-state index < -0.39 is 11.8 Å². The van der Waals surface area contributed by atoms with Crippen molar-refractivity contribution in [1.82, 2.24) is 0 Å². The van der Waals surface area contributed by atoms with Gasteiger partial charge in [-0.2, -0.15) is 0 Å². The monoisotopic (exact) mass is 404 g/mol. The number of primary amides is 2. The standard InChI is InChI=1S/C27H20N2O2/c28-26(30)19-9-7-16(8-10-19)20-12-14-23(27(29)31)24(15-20)21-13-11-18-4-1-3-17-5-2-6-22(21)25(17)18/h1-15,21H,(H2,28,30)(H2,29,31). The molecule has 1 aliphatic rings. The zero-order valence-electron chi connectivity index (χ0n) is 16.7. The van der Waals surface area contributed by atoms with Gasteiger partial charge in [-0.15, -0.1) is 0 Å². The van der Waals surface area contributed by atoms with E-state index >= 15 is 0 Å². The van der Waals surface area contributed by atoms with Crippen molar-refractivity contribution in [2.45, 2.75) is 5.92 Å². The minimum absolute atomic E-state index is 0.0917. The highest BCUT2D eigenvalue weighted by atomic mass is 16.1. The largest absolute Gasteiger partial charge is 0.366 e. The van der Waals surface area contributed by atoms with Crippen LogP contribution in [0.4, 0.5) is 0 Å². The van der Waals surface area contributed by atoms with Gasteiger partial charge in [0.2, 0.25) is 11.8 Å².